The minimum Gasteiger partial charge on any atom is -0.495 e. The summed E-state index contributed by atoms with van der Waals surface area (Å²) in [6.07, 6.45) is 5.66. The van der Waals surface area contributed by atoms with Gasteiger partial charge in [-0.15, -0.1) is 0 Å². The van der Waals surface area contributed by atoms with Crippen molar-refractivity contribution in [3.05, 3.63) is 82.9 Å². The molecule has 0 spiro atoms. The Hall–Kier alpha value is -2.45. The molecule has 0 fully saturated rings. The number of allylic oxidation sites excluding steroid dienone is 2. The molecule has 26 heavy (non-hydrogen) atoms. The molecule has 2 aliphatic rings. The molecule has 3 aromatic carbocycles. The average Bonchev–Trinajstić information content (AvgIpc) is 3.17. The van der Waals surface area contributed by atoms with Crippen LogP contribution in [-0.2, 0) is 0 Å². The highest BCUT2D eigenvalue weighted by molar-refractivity contribution is 6.32. The van der Waals surface area contributed by atoms with Crippen LogP contribution in [0.3, 0.4) is 0 Å². The van der Waals surface area contributed by atoms with E-state index in [0.29, 0.717) is 11.8 Å². The minimum atomic E-state index is 0.223. The lowest BCUT2D eigenvalue weighted by molar-refractivity contribution is 0.398. The van der Waals surface area contributed by atoms with Gasteiger partial charge >= 0.3 is 0 Å². The maximum Gasteiger partial charge on any atom is 0.142 e. The topological polar surface area (TPSA) is 21.3 Å². The van der Waals surface area contributed by atoms with E-state index >= 15 is 0 Å². The highest BCUT2D eigenvalue weighted by atomic mass is 35.5. The SMILES string of the molecule is COc1ccc(Cl)c2c1N[C@@H](c1cccc3ccccc13)[C@H]1CC=C[C@@H]21. The van der Waals surface area contributed by atoms with Crippen LogP contribution in [0.2, 0.25) is 5.02 Å². The molecule has 0 radical (unpaired) electrons. The Kier molecular flexibility index (Phi) is 3.68. The van der Waals surface area contributed by atoms with Gasteiger partial charge in [0.05, 0.1) is 18.8 Å². The van der Waals surface area contributed by atoms with Crippen molar-refractivity contribution in [3.8, 4) is 5.75 Å². The molecule has 0 saturated heterocycles. The Balaban J connectivity index is 1.71. The summed E-state index contributed by atoms with van der Waals surface area (Å²) in [5.74, 6) is 1.63. The first kappa shape index (κ1) is 15.8. The van der Waals surface area contributed by atoms with Gasteiger partial charge in [0.1, 0.15) is 5.75 Å². The fourth-order valence-electron chi connectivity index (χ4n) is 4.64. The second kappa shape index (κ2) is 6.07. The molecule has 0 bridgehead atoms. The van der Waals surface area contributed by atoms with E-state index in [9.17, 15) is 0 Å². The number of benzene rings is 3. The number of hydrogen-bond donors (Lipinski definition) is 1. The Morgan fingerprint density at radius 3 is 2.77 bits per heavy atom. The van der Waals surface area contributed by atoms with Crippen molar-refractivity contribution in [2.24, 2.45) is 5.92 Å². The van der Waals surface area contributed by atoms with Gasteiger partial charge in [-0.2, -0.15) is 0 Å². The number of ether oxygens (including phenoxy) is 1. The first-order valence-corrected chi connectivity index (χ1v) is 9.43. The van der Waals surface area contributed by atoms with Gasteiger partial charge in [-0.1, -0.05) is 66.2 Å². The van der Waals surface area contributed by atoms with Crippen LogP contribution in [0.25, 0.3) is 10.8 Å². The van der Waals surface area contributed by atoms with E-state index in [0.717, 1.165) is 22.9 Å². The van der Waals surface area contributed by atoms with Gasteiger partial charge < -0.3 is 10.1 Å². The van der Waals surface area contributed by atoms with Crippen LogP contribution in [0.1, 0.15) is 29.5 Å². The Bertz CT molecular complexity index is 1020. The molecule has 3 heteroatoms. The molecule has 1 N–H and O–H groups in total. The first-order chi connectivity index (χ1) is 12.8. The highest BCUT2D eigenvalue weighted by Crippen LogP contribution is 2.54. The zero-order chi connectivity index (χ0) is 17.7. The van der Waals surface area contributed by atoms with Crippen molar-refractivity contribution in [3.63, 3.8) is 0 Å². The lowest BCUT2D eigenvalue weighted by Gasteiger charge is -2.39. The van der Waals surface area contributed by atoms with Gasteiger partial charge in [0.15, 0.2) is 0 Å². The molecule has 1 aliphatic heterocycles. The Labute approximate surface area is 158 Å². The van der Waals surface area contributed by atoms with E-state index in [2.05, 4.69) is 59.9 Å². The molecular formula is C23H20ClNO. The van der Waals surface area contributed by atoms with Crippen molar-refractivity contribution >= 4 is 28.1 Å². The predicted octanol–water partition coefficient (Wildman–Crippen LogP) is 6.33. The molecule has 2 nitrogen and oxygen atoms in total. The molecule has 1 heterocycles. The quantitative estimate of drug-likeness (QED) is 0.538. The van der Waals surface area contributed by atoms with E-state index in [-0.39, 0.29) is 6.04 Å². The standard InChI is InChI=1S/C23H20ClNO/c1-26-20-13-12-19(24)21-16-9-5-11-18(16)22(25-23(20)21)17-10-4-7-14-6-2-3-8-15(14)17/h2-10,12-13,16,18,22,25H,11H2,1H3/t16-,18+,22+/m1/s1. The van der Waals surface area contributed by atoms with Crippen molar-refractivity contribution < 1.29 is 4.74 Å². The molecule has 0 amide bonds. The number of nitrogens with one attached hydrogen (secondary N) is 1. The van der Waals surface area contributed by atoms with Crippen LogP contribution in [-0.4, -0.2) is 7.11 Å². The van der Waals surface area contributed by atoms with E-state index in [1.54, 1.807) is 7.11 Å². The van der Waals surface area contributed by atoms with Gasteiger partial charge in [0.2, 0.25) is 0 Å². The molecule has 130 valence electrons. The van der Waals surface area contributed by atoms with Crippen LogP contribution in [0.5, 0.6) is 5.75 Å². The fraction of sp³-hybridized carbons (Fsp3) is 0.217. The molecule has 0 saturated carbocycles. The van der Waals surface area contributed by atoms with Gasteiger partial charge in [0, 0.05) is 16.5 Å². The van der Waals surface area contributed by atoms with Crippen molar-refractivity contribution in [1.29, 1.82) is 0 Å². The van der Waals surface area contributed by atoms with Crippen molar-refractivity contribution in [2.45, 2.75) is 18.4 Å². The normalized spacial score (nSPS) is 23.4. The summed E-state index contributed by atoms with van der Waals surface area (Å²) in [4.78, 5) is 0. The van der Waals surface area contributed by atoms with E-state index < -0.39 is 0 Å². The maximum absolute atomic E-state index is 6.60. The largest absolute Gasteiger partial charge is 0.495 e. The number of methoxy groups -OCH3 is 1. The monoisotopic (exact) mass is 361 g/mol. The summed E-state index contributed by atoms with van der Waals surface area (Å²) < 4.78 is 5.64. The van der Waals surface area contributed by atoms with E-state index in [1.165, 1.54) is 21.9 Å². The summed E-state index contributed by atoms with van der Waals surface area (Å²) in [6, 6.07) is 19.3. The molecular weight excluding hydrogens is 342 g/mol. The summed E-state index contributed by atoms with van der Waals surface area (Å²) in [5.41, 5.74) is 3.54. The molecule has 1 aliphatic carbocycles. The smallest absolute Gasteiger partial charge is 0.142 e. The van der Waals surface area contributed by atoms with Crippen LogP contribution >= 0.6 is 11.6 Å². The van der Waals surface area contributed by atoms with Crippen LogP contribution in [0, 0.1) is 5.92 Å². The molecule has 3 atom stereocenters. The van der Waals surface area contributed by atoms with Crippen molar-refractivity contribution in [1.82, 2.24) is 0 Å². The minimum absolute atomic E-state index is 0.223. The zero-order valence-electron chi connectivity index (χ0n) is 14.6. The van der Waals surface area contributed by atoms with Crippen LogP contribution in [0.15, 0.2) is 66.7 Å². The third-order valence-corrected chi connectivity index (χ3v) is 6.14. The van der Waals surface area contributed by atoms with E-state index in [1.807, 2.05) is 12.1 Å². The lowest BCUT2D eigenvalue weighted by atomic mass is 9.76. The Morgan fingerprint density at radius 1 is 1.04 bits per heavy atom. The molecule has 0 aromatic heterocycles. The van der Waals surface area contributed by atoms with Gasteiger partial charge in [-0.25, -0.2) is 0 Å². The van der Waals surface area contributed by atoms with Gasteiger partial charge in [0.25, 0.3) is 0 Å². The number of anilines is 1. The number of fused-ring (bicyclic) bond motifs is 4. The summed E-state index contributed by atoms with van der Waals surface area (Å²) in [7, 11) is 1.72. The highest BCUT2D eigenvalue weighted by Gasteiger charge is 2.40. The summed E-state index contributed by atoms with van der Waals surface area (Å²) in [6.45, 7) is 0. The average molecular weight is 362 g/mol. The maximum atomic E-state index is 6.60. The third-order valence-electron chi connectivity index (χ3n) is 5.81. The first-order valence-electron chi connectivity index (χ1n) is 9.05. The summed E-state index contributed by atoms with van der Waals surface area (Å²) >= 11 is 6.60. The third kappa shape index (κ3) is 2.25. The van der Waals surface area contributed by atoms with E-state index in [4.69, 9.17) is 16.3 Å². The van der Waals surface area contributed by atoms with Crippen molar-refractivity contribution in [2.75, 3.05) is 12.4 Å². The van der Waals surface area contributed by atoms with Crippen LogP contribution < -0.4 is 10.1 Å². The molecule has 3 aromatic rings. The molecule has 5 rings (SSSR count). The number of hydrogen-bond acceptors (Lipinski definition) is 2. The number of halogens is 1. The van der Waals surface area contributed by atoms with Gasteiger partial charge in [-0.3, -0.25) is 0 Å². The molecule has 0 unspecified atom stereocenters. The Morgan fingerprint density at radius 2 is 1.88 bits per heavy atom. The lowest BCUT2D eigenvalue weighted by Crippen LogP contribution is -2.29. The second-order valence-electron chi connectivity index (χ2n) is 7.08. The van der Waals surface area contributed by atoms with Gasteiger partial charge in [-0.05, 0) is 40.8 Å². The predicted molar refractivity (Wildman–Crippen MR) is 108 cm³/mol. The fourth-order valence-corrected chi connectivity index (χ4v) is 4.92. The zero-order valence-corrected chi connectivity index (χ0v) is 15.3. The second-order valence-corrected chi connectivity index (χ2v) is 7.49. The number of rotatable bonds is 2. The summed E-state index contributed by atoms with van der Waals surface area (Å²) in [5, 5.41) is 7.18. The van der Waals surface area contributed by atoms with Crippen LogP contribution in [0.4, 0.5) is 5.69 Å².